The average molecular weight is 529 g/mol. The van der Waals surface area contributed by atoms with E-state index in [1.165, 1.54) is 44.9 Å². The number of hydrogen-bond acceptors (Lipinski definition) is 5. The molecule has 5 rings (SSSR count). The van der Waals surface area contributed by atoms with E-state index in [1.807, 2.05) is 6.07 Å². The van der Waals surface area contributed by atoms with Gasteiger partial charge in [0.2, 0.25) is 0 Å². The number of hydrogen-bond donors (Lipinski definition) is 2. The molecular formula is C32H52N2O2S. The van der Waals surface area contributed by atoms with Gasteiger partial charge in [-0.3, -0.25) is 0 Å². The van der Waals surface area contributed by atoms with Gasteiger partial charge in [0, 0.05) is 18.1 Å². The number of aliphatic hydroxyl groups is 2. The standard InChI is InChI=1S/C32H52N2O2S/c1-21(2)8-6-9-22(3)25-10-11-26-24-19-32(36,20-37-29-33-16-7-17-34-29)28-18-23(35)12-14-31(28,5)27(24)13-15-30(25,26)4/h7,16-17,21-28,35-36H,6,8-15,18-20H2,1-5H3/t22-,23+,24?,25-,26?,27?,28+,30-,31-,32+/m1/s1. The van der Waals surface area contributed by atoms with Crippen molar-refractivity contribution in [3.05, 3.63) is 18.5 Å². The molecule has 0 radical (unpaired) electrons. The molecule has 1 heterocycles. The Morgan fingerprint density at radius 2 is 1.68 bits per heavy atom. The van der Waals surface area contributed by atoms with Crippen LogP contribution >= 0.6 is 11.8 Å². The lowest BCUT2D eigenvalue weighted by Crippen LogP contribution is -2.64. The Hall–Kier alpha value is -0.650. The van der Waals surface area contributed by atoms with Crippen LogP contribution in [0, 0.1) is 52.3 Å². The van der Waals surface area contributed by atoms with Gasteiger partial charge in [-0.05, 0) is 110 Å². The van der Waals surface area contributed by atoms with Gasteiger partial charge in [-0.15, -0.1) is 0 Å². The zero-order valence-electron chi connectivity index (χ0n) is 24.0. The summed E-state index contributed by atoms with van der Waals surface area (Å²) in [7, 11) is 0. The van der Waals surface area contributed by atoms with Crippen molar-refractivity contribution in [2.45, 2.75) is 122 Å². The highest BCUT2D eigenvalue weighted by molar-refractivity contribution is 7.99. The van der Waals surface area contributed by atoms with E-state index in [2.05, 4.69) is 44.6 Å². The second-order valence-corrected chi connectivity index (χ2v) is 15.5. The van der Waals surface area contributed by atoms with Crippen LogP contribution in [0.1, 0.15) is 105 Å². The molecule has 3 unspecified atom stereocenters. The number of rotatable bonds is 8. The molecule has 0 bridgehead atoms. The first kappa shape index (κ1) is 27.9. The summed E-state index contributed by atoms with van der Waals surface area (Å²) < 4.78 is 0. The summed E-state index contributed by atoms with van der Waals surface area (Å²) in [5.41, 5.74) is -0.260. The van der Waals surface area contributed by atoms with E-state index >= 15 is 0 Å². The van der Waals surface area contributed by atoms with Crippen LogP contribution in [0.4, 0.5) is 0 Å². The maximum atomic E-state index is 12.5. The third kappa shape index (κ3) is 5.15. The summed E-state index contributed by atoms with van der Waals surface area (Å²) in [5, 5.41) is 24.0. The third-order valence-electron chi connectivity index (χ3n) is 12.0. The summed E-state index contributed by atoms with van der Waals surface area (Å²) >= 11 is 1.61. The van der Waals surface area contributed by atoms with Crippen molar-refractivity contribution < 1.29 is 10.2 Å². The van der Waals surface area contributed by atoms with Gasteiger partial charge < -0.3 is 10.2 Å². The van der Waals surface area contributed by atoms with E-state index in [0.717, 1.165) is 54.5 Å². The molecule has 10 atom stereocenters. The Morgan fingerprint density at radius 3 is 2.41 bits per heavy atom. The first-order valence-corrected chi connectivity index (χ1v) is 16.4. The minimum absolute atomic E-state index is 0.108. The van der Waals surface area contributed by atoms with E-state index in [9.17, 15) is 10.2 Å². The molecule has 0 aromatic carbocycles. The largest absolute Gasteiger partial charge is 0.393 e. The van der Waals surface area contributed by atoms with Gasteiger partial charge in [-0.2, -0.15) is 0 Å². The predicted octanol–water partition coefficient (Wildman–Crippen LogP) is 7.39. The highest BCUT2D eigenvalue weighted by Crippen LogP contribution is 2.70. The zero-order chi connectivity index (χ0) is 26.4. The second-order valence-electron chi connectivity index (χ2n) is 14.5. The van der Waals surface area contributed by atoms with Crippen molar-refractivity contribution in [3.63, 3.8) is 0 Å². The zero-order valence-corrected chi connectivity index (χ0v) is 24.8. The second kappa shape index (κ2) is 10.7. The van der Waals surface area contributed by atoms with Crippen molar-refractivity contribution in [2.24, 2.45) is 52.3 Å². The van der Waals surface area contributed by atoms with Crippen LogP contribution < -0.4 is 0 Å². The lowest BCUT2D eigenvalue weighted by Gasteiger charge is -2.65. The Kier molecular flexibility index (Phi) is 8.09. The lowest BCUT2D eigenvalue weighted by atomic mass is 9.41. The molecule has 0 amide bonds. The van der Waals surface area contributed by atoms with Gasteiger partial charge in [0.05, 0.1) is 11.7 Å². The maximum absolute atomic E-state index is 12.5. The molecule has 37 heavy (non-hydrogen) atoms. The molecule has 208 valence electrons. The van der Waals surface area contributed by atoms with Crippen LogP contribution in [0.2, 0.25) is 0 Å². The highest BCUT2D eigenvalue weighted by atomic mass is 32.2. The van der Waals surface area contributed by atoms with Crippen molar-refractivity contribution in [1.82, 2.24) is 9.97 Å². The summed E-state index contributed by atoms with van der Waals surface area (Å²) in [4.78, 5) is 8.86. The molecule has 0 spiro atoms. The van der Waals surface area contributed by atoms with Crippen molar-refractivity contribution >= 4 is 11.8 Å². The molecule has 2 N–H and O–H groups in total. The van der Waals surface area contributed by atoms with Crippen molar-refractivity contribution in [2.75, 3.05) is 5.75 Å². The van der Waals surface area contributed by atoms with Gasteiger partial charge in [0.25, 0.3) is 0 Å². The van der Waals surface area contributed by atoms with Gasteiger partial charge in [0.1, 0.15) is 0 Å². The molecule has 4 nitrogen and oxygen atoms in total. The summed E-state index contributed by atoms with van der Waals surface area (Å²) in [6.07, 6.45) is 16.3. The van der Waals surface area contributed by atoms with Gasteiger partial charge in [0.15, 0.2) is 5.16 Å². The number of aliphatic hydroxyl groups excluding tert-OH is 1. The van der Waals surface area contributed by atoms with Crippen LogP contribution in [0.5, 0.6) is 0 Å². The monoisotopic (exact) mass is 528 g/mol. The van der Waals surface area contributed by atoms with E-state index in [-0.39, 0.29) is 17.4 Å². The minimum atomic E-state index is -0.777. The van der Waals surface area contributed by atoms with E-state index in [0.29, 0.717) is 23.0 Å². The van der Waals surface area contributed by atoms with Crippen LogP contribution in [-0.2, 0) is 0 Å². The number of aromatic nitrogens is 2. The van der Waals surface area contributed by atoms with E-state index < -0.39 is 5.60 Å². The Bertz CT molecular complexity index is 913. The molecule has 4 fully saturated rings. The number of fused-ring (bicyclic) bond motifs is 5. The van der Waals surface area contributed by atoms with Crippen LogP contribution in [-0.4, -0.2) is 37.6 Å². The molecule has 1 aromatic heterocycles. The van der Waals surface area contributed by atoms with E-state index in [1.54, 1.807) is 24.2 Å². The Morgan fingerprint density at radius 1 is 0.973 bits per heavy atom. The molecule has 0 saturated heterocycles. The van der Waals surface area contributed by atoms with Crippen molar-refractivity contribution in [3.8, 4) is 0 Å². The van der Waals surface area contributed by atoms with Crippen LogP contribution in [0.3, 0.4) is 0 Å². The quantitative estimate of drug-likeness (QED) is 0.272. The third-order valence-corrected chi connectivity index (χ3v) is 13.1. The topological polar surface area (TPSA) is 66.2 Å². The molecule has 0 aliphatic heterocycles. The first-order chi connectivity index (χ1) is 17.6. The molecule has 4 aliphatic rings. The first-order valence-electron chi connectivity index (χ1n) is 15.4. The number of nitrogens with zero attached hydrogens (tertiary/aromatic N) is 2. The molecule has 4 aliphatic carbocycles. The van der Waals surface area contributed by atoms with Gasteiger partial charge in [-0.25, -0.2) is 9.97 Å². The SMILES string of the molecule is CC(C)CCC[C@@H](C)[C@H]1CCC2C3C[C@](O)(CSc4ncccn4)[C@H]4C[C@@H](O)CC[C@]4(C)C3CC[C@@]21C. The molecule has 4 saturated carbocycles. The predicted molar refractivity (Wildman–Crippen MR) is 152 cm³/mol. The fourth-order valence-corrected chi connectivity index (χ4v) is 11.2. The highest BCUT2D eigenvalue weighted by Gasteiger charge is 2.65. The molecular weight excluding hydrogens is 476 g/mol. The van der Waals surface area contributed by atoms with Crippen molar-refractivity contribution in [1.29, 1.82) is 0 Å². The fourth-order valence-electron chi connectivity index (χ4n) is 10.3. The summed E-state index contributed by atoms with van der Waals surface area (Å²) in [6, 6.07) is 1.85. The van der Waals surface area contributed by atoms with Crippen LogP contribution in [0.25, 0.3) is 0 Å². The fraction of sp³-hybridized carbons (Fsp3) is 0.875. The minimum Gasteiger partial charge on any atom is -0.393 e. The molecule has 5 heteroatoms. The average Bonchev–Trinajstić information content (AvgIpc) is 3.22. The normalized spacial score (nSPS) is 44.2. The van der Waals surface area contributed by atoms with Gasteiger partial charge in [-0.1, -0.05) is 65.6 Å². The summed E-state index contributed by atoms with van der Waals surface area (Å²) in [5.74, 6) is 5.19. The van der Waals surface area contributed by atoms with Gasteiger partial charge >= 0.3 is 0 Å². The number of thioether (sulfide) groups is 1. The van der Waals surface area contributed by atoms with E-state index in [4.69, 9.17) is 0 Å². The lowest BCUT2D eigenvalue weighted by molar-refractivity contribution is -0.208. The molecule has 1 aromatic rings. The Labute approximate surface area is 230 Å². The maximum Gasteiger partial charge on any atom is 0.187 e. The summed E-state index contributed by atoms with van der Waals surface area (Å²) in [6.45, 7) is 12.4. The Balaban J connectivity index is 1.39. The smallest absolute Gasteiger partial charge is 0.187 e. The van der Waals surface area contributed by atoms with Crippen LogP contribution in [0.15, 0.2) is 23.6 Å².